The van der Waals surface area contributed by atoms with Crippen LogP contribution >= 0.6 is 11.6 Å². The number of aryl methyl sites for hydroxylation is 2. The minimum absolute atomic E-state index is 0.197. The molecule has 0 aromatic carbocycles. The largest absolute Gasteiger partial charge is 0.360 e. The minimum atomic E-state index is -3.58. The molecule has 2 aromatic heterocycles. The Morgan fingerprint density at radius 1 is 1.20 bits per heavy atom. The van der Waals surface area contributed by atoms with Crippen molar-refractivity contribution >= 4 is 21.6 Å². The van der Waals surface area contributed by atoms with Crippen molar-refractivity contribution in [3.63, 3.8) is 0 Å². The molecule has 3 heterocycles. The van der Waals surface area contributed by atoms with Crippen molar-refractivity contribution in [3.8, 4) is 0 Å². The zero-order chi connectivity index (χ0) is 18.0. The number of pyridine rings is 1. The summed E-state index contributed by atoms with van der Waals surface area (Å²) < 4.78 is 32.4. The molecule has 2 aromatic rings. The van der Waals surface area contributed by atoms with Crippen LogP contribution in [0.15, 0.2) is 27.7 Å². The van der Waals surface area contributed by atoms with Crippen LogP contribution in [0.25, 0.3) is 0 Å². The quantitative estimate of drug-likeness (QED) is 0.752. The van der Waals surface area contributed by atoms with E-state index < -0.39 is 10.0 Å². The molecule has 0 radical (unpaired) electrons. The van der Waals surface area contributed by atoms with Gasteiger partial charge in [-0.15, -0.1) is 0 Å². The molecule has 0 unspecified atom stereocenters. The monoisotopic (exact) mass is 384 g/mol. The molecule has 1 fully saturated rings. The highest BCUT2D eigenvalue weighted by atomic mass is 35.5. The van der Waals surface area contributed by atoms with Gasteiger partial charge in [0.05, 0.1) is 0 Å². The van der Waals surface area contributed by atoms with Gasteiger partial charge in [-0.2, -0.15) is 4.31 Å². The van der Waals surface area contributed by atoms with E-state index in [1.807, 2.05) is 6.07 Å². The smallest absolute Gasteiger partial charge is 0.248 e. The predicted octanol–water partition coefficient (Wildman–Crippen LogP) is 2.24. The first-order valence-corrected chi connectivity index (χ1v) is 9.95. The number of hydrogen-bond donors (Lipinski definition) is 0. The first-order chi connectivity index (χ1) is 11.9. The van der Waals surface area contributed by atoms with Gasteiger partial charge in [0.1, 0.15) is 15.7 Å². The number of sulfonamides is 1. The summed E-state index contributed by atoms with van der Waals surface area (Å²) in [7, 11) is -3.58. The maximum Gasteiger partial charge on any atom is 0.248 e. The van der Waals surface area contributed by atoms with Gasteiger partial charge in [-0.25, -0.2) is 13.4 Å². The van der Waals surface area contributed by atoms with Gasteiger partial charge in [0.15, 0.2) is 5.76 Å². The van der Waals surface area contributed by atoms with Crippen molar-refractivity contribution in [1.29, 1.82) is 0 Å². The van der Waals surface area contributed by atoms with Crippen LogP contribution in [0.5, 0.6) is 0 Å². The molecule has 0 amide bonds. The van der Waals surface area contributed by atoms with E-state index in [2.05, 4.69) is 15.0 Å². The third-order valence-corrected chi connectivity index (χ3v) is 6.68. The van der Waals surface area contributed by atoms with Gasteiger partial charge in [-0.3, -0.25) is 4.90 Å². The maximum absolute atomic E-state index is 12.9. The van der Waals surface area contributed by atoms with E-state index in [1.165, 1.54) is 4.31 Å². The van der Waals surface area contributed by atoms with E-state index in [-0.39, 0.29) is 4.90 Å². The molecule has 1 saturated heterocycles. The first kappa shape index (κ1) is 18.3. The SMILES string of the molecule is Cc1noc(C)c1S(=O)(=O)N1CCCN(Cc2ccc(Cl)nc2)CC1. The topological polar surface area (TPSA) is 79.5 Å². The molecule has 9 heteroatoms. The fourth-order valence-electron chi connectivity index (χ4n) is 3.08. The summed E-state index contributed by atoms with van der Waals surface area (Å²) in [6, 6.07) is 3.71. The lowest BCUT2D eigenvalue weighted by Gasteiger charge is -2.21. The highest BCUT2D eigenvalue weighted by Crippen LogP contribution is 2.24. The first-order valence-electron chi connectivity index (χ1n) is 8.14. The van der Waals surface area contributed by atoms with Crippen LogP contribution in [0.4, 0.5) is 0 Å². The third-order valence-electron chi connectivity index (χ3n) is 4.31. The average Bonchev–Trinajstić information content (AvgIpc) is 2.77. The van der Waals surface area contributed by atoms with E-state index in [0.29, 0.717) is 36.2 Å². The standard InChI is InChI=1S/C16H21ClN4O3S/c1-12-16(13(2)24-19-12)25(22,23)21-7-3-6-20(8-9-21)11-14-4-5-15(17)18-10-14/h4-5,10H,3,6-9,11H2,1-2H3. The summed E-state index contributed by atoms with van der Waals surface area (Å²) in [6.07, 6.45) is 2.52. The highest BCUT2D eigenvalue weighted by molar-refractivity contribution is 7.89. The molecule has 7 nitrogen and oxygen atoms in total. The second kappa shape index (κ2) is 7.41. The van der Waals surface area contributed by atoms with E-state index in [1.54, 1.807) is 26.1 Å². The summed E-state index contributed by atoms with van der Waals surface area (Å²) in [4.78, 5) is 6.52. The molecular formula is C16H21ClN4O3S. The average molecular weight is 385 g/mol. The summed E-state index contributed by atoms with van der Waals surface area (Å²) >= 11 is 5.81. The van der Waals surface area contributed by atoms with Gasteiger partial charge in [-0.05, 0) is 38.4 Å². The molecule has 3 rings (SSSR count). The highest BCUT2D eigenvalue weighted by Gasteiger charge is 2.32. The van der Waals surface area contributed by atoms with Crippen molar-refractivity contribution < 1.29 is 12.9 Å². The zero-order valence-corrected chi connectivity index (χ0v) is 15.8. The fraction of sp³-hybridized carbons (Fsp3) is 0.500. The molecule has 1 aliphatic rings. The second-order valence-corrected chi connectivity index (χ2v) is 8.44. The van der Waals surface area contributed by atoms with Gasteiger partial charge in [0.25, 0.3) is 0 Å². The van der Waals surface area contributed by atoms with Crippen LogP contribution < -0.4 is 0 Å². The van der Waals surface area contributed by atoms with Crippen LogP contribution in [0.1, 0.15) is 23.4 Å². The van der Waals surface area contributed by atoms with Crippen molar-refractivity contribution in [2.75, 3.05) is 26.2 Å². The van der Waals surface area contributed by atoms with Gasteiger partial charge < -0.3 is 4.52 Å². The van der Waals surface area contributed by atoms with Crippen LogP contribution in [0.3, 0.4) is 0 Å². The Labute approximate surface area is 152 Å². The second-order valence-electron chi connectivity index (χ2n) is 6.18. The number of rotatable bonds is 4. The molecular weight excluding hydrogens is 364 g/mol. The number of hydrogen-bond acceptors (Lipinski definition) is 6. The fourth-order valence-corrected chi connectivity index (χ4v) is 4.95. The van der Waals surface area contributed by atoms with Crippen LogP contribution in [-0.4, -0.2) is 53.9 Å². The van der Waals surface area contributed by atoms with Gasteiger partial charge in [0, 0.05) is 32.4 Å². The number of nitrogens with zero attached hydrogens (tertiary/aromatic N) is 4. The summed E-state index contributed by atoms with van der Waals surface area (Å²) in [5.74, 6) is 0.339. The molecule has 0 N–H and O–H groups in total. The number of aromatic nitrogens is 2. The normalized spacial score (nSPS) is 17.6. The van der Waals surface area contributed by atoms with Crippen molar-refractivity contribution in [2.24, 2.45) is 0 Å². The van der Waals surface area contributed by atoms with E-state index in [0.717, 1.165) is 25.1 Å². The molecule has 136 valence electrons. The Morgan fingerprint density at radius 2 is 2.00 bits per heavy atom. The summed E-state index contributed by atoms with van der Waals surface area (Å²) in [5.41, 5.74) is 1.47. The lowest BCUT2D eigenvalue weighted by Crippen LogP contribution is -2.35. The Morgan fingerprint density at radius 3 is 2.64 bits per heavy atom. The Hall–Kier alpha value is -1.48. The molecule has 0 atom stereocenters. The zero-order valence-electron chi connectivity index (χ0n) is 14.3. The van der Waals surface area contributed by atoms with E-state index >= 15 is 0 Å². The van der Waals surface area contributed by atoms with Crippen LogP contribution in [-0.2, 0) is 16.6 Å². The van der Waals surface area contributed by atoms with Crippen molar-refractivity contribution in [1.82, 2.24) is 19.3 Å². The molecule has 1 aliphatic heterocycles. The van der Waals surface area contributed by atoms with Gasteiger partial charge >= 0.3 is 0 Å². The Bertz CT molecular complexity index is 816. The van der Waals surface area contributed by atoms with Crippen molar-refractivity contribution in [3.05, 3.63) is 40.5 Å². The molecule has 0 bridgehead atoms. The molecule has 0 saturated carbocycles. The third kappa shape index (κ3) is 4.03. The number of halogens is 1. The lowest BCUT2D eigenvalue weighted by molar-refractivity contribution is 0.278. The molecule has 25 heavy (non-hydrogen) atoms. The summed E-state index contributed by atoms with van der Waals surface area (Å²) in [6.45, 7) is 6.42. The summed E-state index contributed by atoms with van der Waals surface area (Å²) in [5, 5.41) is 4.24. The van der Waals surface area contributed by atoms with Gasteiger partial charge in [0.2, 0.25) is 10.0 Å². The van der Waals surface area contributed by atoms with E-state index in [4.69, 9.17) is 16.1 Å². The molecule has 0 spiro atoms. The maximum atomic E-state index is 12.9. The minimum Gasteiger partial charge on any atom is -0.360 e. The Balaban J connectivity index is 1.70. The van der Waals surface area contributed by atoms with E-state index in [9.17, 15) is 8.42 Å². The molecule has 0 aliphatic carbocycles. The van der Waals surface area contributed by atoms with Crippen LogP contribution in [0, 0.1) is 13.8 Å². The lowest BCUT2D eigenvalue weighted by atomic mass is 10.2. The van der Waals surface area contributed by atoms with Gasteiger partial charge in [-0.1, -0.05) is 22.8 Å². The van der Waals surface area contributed by atoms with Crippen molar-refractivity contribution in [2.45, 2.75) is 31.7 Å². The Kier molecular flexibility index (Phi) is 5.43. The predicted molar refractivity (Wildman–Crippen MR) is 93.9 cm³/mol. The van der Waals surface area contributed by atoms with Crippen LogP contribution in [0.2, 0.25) is 5.15 Å².